The molecule has 0 atom stereocenters. The summed E-state index contributed by atoms with van der Waals surface area (Å²) in [5.41, 5.74) is 5.02. The smallest absolute Gasteiger partial charge is 0.143 e. The van der Waals surface area contributed by atoms with Gasteiger partial charge in [-0.05, 0) is 12.1 Å². The van der Waals surface area contributed by atoms with Crippen molar-refractivity contribution in [2.24, 2.45) is 0 Å². The Morgan fingerprint density at radius 2 is 1.86 bits per heavy atom. The monoisotopic (exact) mass is 215 g/mol. The van der Waals surface area contributed by atoms with E-state index in [1.54, 1.807) is 0 Å². The highest BCUT2D eigenvalue weighted by Crippen LogP contribution is 2.15. The van der Waals surface area contributed by atoms with Crippen molar-refractivity contribution in [1.82, 2.24) is 0 Å². The minimum Gasteiger partial charge on any atom is -0.399 e. The Hall–Kier alpha value is -1.27. The van der Waals surface area contributed by atoms with Crippen molar-refractivity contribution in [2.75, 3.05) is 11.6 Å². The normalized spacial score (nSPS) is 9.36. The molecule has 0 spiro atoms. The lowest BCUT2D eigenvalue weighted by atomic mass is 10.2. The van der Waals surface area contributed by atoms with Crippen LogP contribution < -0.4 is 5.73 Å². The van der Waals surface area contributed by atoms with Gasteiger partial charge in [0.1, 0.15) is 11.6 Å². The first-order chi connectivity index (χ1) is 6.65. The second-order valence-corrected chi connectivity index (χ2v) is 2.98. The van der Waals surface area contributed by atoms with Gasteiger partial charge in [0.05, 0.1) is 5.56 Å². The van der Waals surface area contributed by atoms with Gasteiger partial charge in [-0.15, -0.1) is 11.6 Å². The molecule has 2 N–H and O–H groups in total. The van der Waals surface area contributed by atoms with Gasteiger partial charge >= 0.3 is 0 Å². The van der Waals surface area contributed by atoms with Crippen LogP contribution in [0.1, 0.15) is 12.0 Å². The van der Waals surface area contributed by atoms with E-state index in [1.807, 2.05) is 0 Å². The van der Waals surface area contributed by atoms with E-state index in [9.17, 15) is 8.78 Å². The summed E-state index contributed by atoms with van der Waals surface area (Å²) in [7, 11) is 0. The minimum atomic E-state index is -0.746. The fraction of sp³-hybridized carbons (Fsp3) is 0.200. The Bertz CT molecular complexity index is 370. The highest BCUT2D eigenvalue weighted by atomic mass is 35.5. The molecule has 1 aromatic rings. The van der Waals surface area contributed by atoms with E-state index in [4.69, 9.17) is 17.3 Å². The molecule has 0 aliphatic carbocycles. The number of hydrogen-bond donors (Lipinski definition) is 1. The van der Waals surface area contributed by atoms with Gasteiger partial charge in [-0.25, -0.2) is 8.78 Å². The lowest BCUT2D eigenvalue weighted by molar-refractivity contribution is 0.578. The van der Waals surface area contributed by atoms with Crippen molar-refractivity contribution in [3.05, 3.63) is 29.3 Å². The van der Waals surface area contributed by atoms with Gasteiger partial charge in [-0.1, -0.05) is 11.8 Å². The van der Waals surface area contributed by atoms with Crippen LogP contribution in [-0.2, 0) is 0 Å². The first-order valence-electron chi connectivity index (χ1n) is 3.94. The summed E-state index contributed by atoms with van der Waals surface area (Å²) >= 11 is 5.36. The number of alkyl halides is 1. The number of hydrogen-bond acceptors (Lipinski definition) is 1. The average Bonchev–Trinajstić information content (AvgIpc) is 2.09. The molecule has 0 aliphatic rings. The van der Waals surface area contributed by atoms with Crippen molar-refractivity contribution < 1.29 is 8.78 Å². The molecule has 4 heteroatoms. The second kappa shape index (κ2) is 4.83. The quantitative estimate of drug-likeness (QED) is 0.435. The van der Waals surface area contributed by atoms with Gasteiger partial charge in [-0.2, -0.15) is 0 Å². The number of nitrogen functional groups attached to an aromatic ring is 1. The highest BCUT2D eigenvalue weighted by molar-refractivity contribution is 6.18. The van der Waals surface area contributed by atoms with Crippen LogP contribution in [0.3, 0.4) is 0 Å². The maximum atomic E-state index is 13.1. The molecule has 0 saturated carbocycles. The van der Waals surface area contributed by atoms with Gasteiger partial charge in [0.15, 0.2) is 0 Å². The maximum absolute atomic E-state index is 13.1. The molecule has 0 heterocycles. The molecule has 0 bridgehead atoms. The van der Waals surface area contributed by atoms with Crippen molar-refractivity contribution in [1.29, 1.82) is 0 Å². The van der Waals surface area contributed by atoms with Crippen LogP contribution in [0, 0.1) is 23.5 Å². The molecule has 0 aromatic heterocycles. The lowest BCUT2D eigenvalue weighted by Crippen LogP contribution is -1.94. The van der Waals surface area contributed by atoms with Crippen LogP contribution in [0.2, 0.25) is 0 Å². The molecule has 74 valence electrons. The summed E-state index contributed by atoms with van der Waals surface area (Å²) in [5, 5.41) is 0. The first kappa shape index (κ1) is 10.8. The summed E-state index contributed by atoms with van der Waals surface area (Å²) in [6.45, 7) is 0. The summed E-state index contributed by atoms with van der Waals surface area (Å²) < 4.78 is 26.2. The van der Waals surface area contributed by atoms with E-state index in [-0.39, 0.29) is 11.3 Å². The Morgan fingerprint density at radius 1 is 1.29 bits per heavy atom. The SMILES string of the molecule is Nc1cc(F)c(C#CCCCl)c(F)c1. The predicted octanol–water partition coefficient (Wildman–Crippen LogP) is 2.53. The molecular weight excluding hydrogens is 208 g/mol. The minimum absolute atomic E-state index is 0.0443. The van der Waals surface area contributed by atoms with E-state index < -0.39 is 11.6 Å². The van der Waals surface area contributed by atoms with Crippen LogP contribution in [0.15, 0.2) is 12.1 Å². The number of anilines is 1. The molecule has 0 fully saturated rings. The van der Waals surface area contributed by atoms with Crippen LogP contribution in [0.5, 0.6) is 0 Å². The van der Waals surface area contributed by atoms with Crippen molar-refractivity contribution in [3.63, 3.8) is 0 Å². The molecule has 0 aliphatic heterocycles. The largest absolute Gasteiger partial charge is 0.399 e. The van der Waals surface area contributed by atoms with Gasteiger partial charge in [0, 0.05) is 18.0 Å². The van der Waals surface area contributed by atoms with E-state index in [0.29, 0.717) is 12.3 Å². The standard InChI is InChI=1S/C10H8ClF2N/c11-4-2-1-3-8-9(12)5-7(14)6-10(8)13/h5-6H,2,4,14H2. The van der Waals surface area contributed by atoms with Gasteiger partial charge in [0.2, 0.25) is 0 Å². The topological polar surface area (TPSA) is 26.0 Å². The van der Waals surface area contributed by atoms with Crippen LogP contribution in [-0.4, -0.2) is 5.88 Å². The zero-order valence-corrected chi connectivity index (χ0v) is 8.04. The van der Waals surface area contributed by atoms with E-state index in [2.05, 4.69) is 11.8 Å². The molecule has 1 nitrogen and oxygen atoms in total. The van der Waals surface area contributed by atoms with Crippen LogP contribution in [0.4, 0.5) is 14.5 Å². The van der Waals surface area contributed by atoms with Gasteiger partial charge in [-0.3, -0.25) is 0 Å². The molecule has 0 saturated heterocycles. The van der Waals surface area contributed by atoms with E-state index in [1.165, 1.54) is 0 Å². The number of halogens is 3. The molecule has 0 unspecified atom stereocenters. The molecule has 0 radical (unpaired) electrons. The summed E-state index contributed by atoms with van der Waals surface area (Å²) in [6, 6.07) is 2.07. The summed E-state index contributed by atoms with van der Waals surface area (Å²) in [6.07, 6.45) is 0.394. The number of benzene rings is 1. The fourth-order valence-corrected chi connectivity index (χ4v) is 1.00. The molecule has 1 rings (SSSR count). The van der Waals surface area contributed by atoms with Crippen molar-refractivity contribution in [3.8, 4) is 11.8 Å². The molecular formula is C10H8ClF2N. The van der Waals surface area contributed by atoms with Gasteiger partial charge < -0.3 is 5.73 Å². The maximum Gasteiger partial charge on any atom is 0.143 e. The summed E-state index contributed by atoms with van der Waals surface area (Å²) in [4.78, 5) is 0. The van der Waals surface area contributed by atoms with Gasteiger partial charge in [0.25, 0.3) is 0 Å². The predicted molar refractivity (Wildman–Crippen MR) is 53.0 cm³/mol. The lowest BCUT2D eigenvalue weighted by Gasteiger charge is -1.98. The third kappa shape index (κ3) is 2.61. The number of rotatable bonds is 1. The van der Waals surface area contributed by atoms with Crippen molar-refractivity contribution in [2.45, 2.75) is 6.42 Å². The summed E-state index contributed by atoms with van der Waals surface area (Å²) in [5.74, 6) is 3.77. The zero-order valence-electron chi connectivity index (χ0n) is 7.28. The Balaban J connectivity index is 3.04. The molecule has 1 aromatic carbocycles. The average molecular weight is 216 g/mol. The third-order valence-corrected chi connectivity index (χ3v) is 1.69. The molecule has 14 heavy (non-hydrogen) atoms. The molecule has 0 amide bonds. The fourth-order valence-electron chi connectivity index (χ4n) is 0.910. The van der Waals surface area contributed by atoms with Crippen LogP contribution in [0.25, 0.3) is 0 Å². The number of nitrogens with two attached hydrogens (primary N) is 1. The Morgan fingerprint density at radius 3 is 2.36 bits per heavy atom. The van der Waals surface area contributed by atoms with Crippen molar-refractivity contribution >= 4 is 17.3 Å². The second-order valence-electron chi connectivity index (χ2n) is 2.60. The van der Waals surface area contributed by atoms with E-state index >= 15 is 0 Å². The zero-order chi connectivity index (χ0) is 10.6. The van der Waals surface area contributed by atoms with Crippen LogP contribution >= 0.6 is 11.6 Å². The Labute approximate surface area is 85.9 Å². The third-order valence-electron chi connectivity index (χ3n) is 1.50. The highest BCUT2D eigenvalue weighted by Gasteiger charge is 2.06. The first-order valence-corrected chi connectivity index (χ1v) is 4.48. The Kier molecular flexibility index (Phi) is 3.73. The van der Waals surface area contributed by atoms with E-state index in [0.717, 1.165) is 12.1 Å².